The number of carboxylic acid groups (broad SMARTS) is 1. The van der Waals surface area contributed by atoms with Crippen LogP contribution in [0.2, 0.25) is 0 Å². The van der Waals surface area contributed by atoms with E-state index in [0.29, 0.717) is 29.1 Å². The predicted octanol–water partition coefficient (Wildman–Crippen LogP) is 7.97. The summed E-state index contributed by atoms with van der Waals surface area (Å²) in [7, 11) is 0. The molecule has 5 aliphatic carbocycles. The van der Waals surface area contributed by atoms with E-state index < -0.39 is 11.6 Å². The maximum atomic E-state index is 12.9. The second-order valence-corrected chi connectivity index (χ2v) is 18.7. The van der Waals surface area contributed by atoms with Gasteiger partial charge in [-0.1, -0.05) is 33.8 Å². The molecule has 1 saturated heterocycles. The lowest BCUT2D eigenvalue weighted by molar-refractivity contribution is -0.149. The summed E-state index contributed by atoms with van der Waals surface area (Å²) in [5.41, 5.74) is 3.76. The first-order valence-electron chi connectivity index (χ1n) is 20.1. The van der Waals surface area contributed by atoms with E-state index in [1.807, 2.05) is 12.1 Å². The van der Waals surface area contributed by atoms with Gasteiger partial charge in [-0.3, -0.25) is 9.69 Å². The van der Waals surface area contributed by atoms with Gasteiger partial charge in [0.1, 0.15) is 6.10 Å². The van der Waals surface area contributed by atoms with Gasteiger partial charge >= 0.3 is 5.97 Å². The van der Waals surface area contributed by atoms with Gasteiger partial charge in [-0.15, -0.1) is 0 Å². The normalized spacial score (nSPS) is 31.8. The fourth-order valence-corrected chi connectivity index (χ4v) is 11.8. The van der Waals surface area contributed by atoms with Crippen molar-refractivity contribution in [1.82, 2.24) is 4.90 Å². The van der Waals surface area contributed by atoms with Gasteiger partial charge in [-0.05, 0) is 148 Å². The van der Waals surface area contributed by atoms with Crippen LogP contribution in [0.15, 0.2) is 60.7 Å². The van der Waals surface area contributed by atoms with Gasteiger partial charge in [0.2, 0.25) is 0 Å². The molecule has 0 aromatic heterocycles. The van der Waals surface area contributed by atoms with Crippen molar-refractivity contribution in [2.75, 3.05) is 30.5 Å². The third kappa shape index (κ3) is 5.31. The molecule has 10 rings (SSSR count). The third-order valence-corrected chi connectivity index (χ3v) is 15.2. The Morgan fingerprint density at radius 1 is 0.944 bits per heavy atom. The van der Waals surface area contributed by atoms with Crippen LogP contribution in [-0.2, 0) is 11.8 Å². The first-order valence-corrected chi connectivity index (χ1v) is 20.1. The number of likely N-dealkylation sites (tertiary alicyclic amines) is 1. The number of nitrogens with one attached hydrogen (secondary N) is 2. The number of anilines is 2. The Kier molecular flexibility index (Phi) is 8.22. The molecule has 4 bridgehead atoms. The van der Waals surface area contributed by atoms with E-state index >= 15 is 0 Å². The number of hydrogen-bond acceptors (Lipinski definition) is 7. The summed E-state index contributed by atoms with van der Waals surface area (Å²) in [6.45, 7) is 13.7. The highest BCUT2D eigenvalue weighted by atomic mass is 16.5. The monoisotopic (exact) mass is 733 g/mol. The molecule has 7 aliphatic rings. The Morgan fingerprint density at radius 2 is 1.65 bits per heavy atom. The molecule has 2 heterocycles. The maximum absolute atomic E-state index is 12.9. The molecule has 3 aromatic carbocycles. The quantitative estimate of drug-likeness (QED) is 0.155. The Labute approximate surface area is 318 Å². The molecule has 9 heteroatoms. The molecular weight excluding hydrogens is 679 g/mol. The predicted molar refractivity (Wildman–Crippen MR) is 208 cm³/mol. The number of amides is 1. The van der Waals surface area contributed by atoms with Crippen molar-refractivity contribution in [3.8, 4) is 11.5 Å². The maximum Gasteiger partial charge on any atom is 0.335 e. The van der Waals surface area contributed by atoms with Gasteiger partial charge in [-0.25, -0.2) is 4.79 Å². The Morgan fingerprint density at radius 3 is 2.33 bits per heavy atom. The number of rotatable bonds is 10. The molecule has 286 valence electrons. The second-order valence-electron chi connectivity index (χ2n) is 18.7. The smallest absolute Gasteiger partial charge is 0.335 e. The lowest BCUT2D eigenvalue weighted by Gasteiger charge is -2.66. The number of carbonyl (C=O) groups excluding carboxylic acids is 1. The van der Waals surface area contributed by atoms with Gasteiger partial charge in [0.05, 0.1) is 11.2 Å². The van der Waals surface area contributed by atoms with Crippen LogP contribution >= 0.6 is 0 Å². The Balaban J connectivity index is 0.971. The molecule has 8 unspecified atom stereocenters. The number of carbonyl (C=O) groups is 2. The van der Waals surface area contributed by atoms with Crippen LogP contribution in [0.3, 0.4) is 0 Å². The molecule has 4 saturated carbocycles. The van der Waals surface area contributed by atoms with Gasteiger partial charge < -0.3 is 30.3 Å². The highest BCUT2D eigenvalue weighted by molar-refractivity contribution is 6.04. The fraction of sp³-hybridized carbons (Fsp3) is 0.556. The topological polar surface area (TPSA) is 120 Å². The lowest BCUT2D eigenvalue weighted by atomic mass is 9.42. The Bertz CT molecular complexity index is 1970. The van der Waals surface area contributed by atoms with Crippen molar-refractivity contribution in [3.63, 3.8) is 0 Å². The third-order valence-electron chi connectivity index (χ3n) is 15.2. The van der Waals surface area contributed by atoms with E-state index in [-0.39, 0.29) is 46.5 Å². The molecule has 2 aliphatic heterocycles. The standard InChI is InChI=1S/C45H55N3O6/c1-26-33-18-19-44(23-34(26)43(5,52)42(2,3)4)36-22-30-12-17-35(38-37(30)45(44,39(33)54-38)20-21-48(36)24-27-6-7-27)53-25-46-31-13-8-28(9-14-31)40(49)47-32-15-10-29(11-16-32)41(50)51/h8-17,26-27,33-34,36,39,46,52H,6-7,18-25H2,1-5H3,(H,47,49)(H,50,51). The molecule has 5 fully saturated rings. The van der Waals surface area contributed by atoms with Gasteiger partial charge in [0, 0.05) is 45.9 Å². The summed E-state index contributed by atoms with van der Waals surface area (Å²) in [6.07, 6.45) is 8.30. The molecule has 8 atom stereocenters. The van der Waals surface area contributed by atoms with E-state index in [9.17, 15) is 14.7 Å². The van der Waals surface area contributed by atoms with Crippen LogP contribution in [0, 0.1) is 34.5 Å². The number of aliphatic hydroxyl groups is 1. The fourth-order valence-electron chi connectivity index (χ4n) is 11.8. The highest BCUT2D eigenvalue weighted by Crippen LogP contribution is 2.75. The van der Waals surface area contributed by atoms with Crippen molar-refractivity contribution in [3.05, 3.63) is 82.9 Å². The van der Waals surface area contributed by atoms with Gasteiger partial charge in [-0.2, -0.15) is 0 Å². The number of hydrogen-bond donors (Lipinski definition) is 4. The summed E-state index contributed by atoms with van der Waals surface area (Å²) in [6, 6.07) is 18.2. The van der Waals surface area contributed by atoms with Crippen molar-refractivity contribution in [2.24, 2.45) is 34.5 Å². The second kappa shape index (κ2) is 12.5. The van der Waals surface area contributed by atoms with Gasteiger partial charge in [0.25, 0.3) is 5.91 Å². The first kappa shape index (κ1) is 35.6. The first-order chi connectivity index (χ1) is 25.7. The number of ether oxygens (including phenoxy) is 2. The number of aromatic carboxylic acids is 1. The van der Waals surface area contributed by atoms with Crippen LogP contribution in [-0.4, -0.2) is 64.6 Å². The zero-order chi connectivity index (χ0) is 37.8. The van der Waals surface area contributed by atoms with Crippen molar-refractivity contribution in [2.45, 2.75) is 103 Å². The van der Waals surface area contributed by atoms with Crippen molar-refractivity contribution in [1.29, 1.82) is 0 Å². The van der Waals surface area contributed by atoms with Crippen LogP contribution < -0.4 is 20.1 Å². The van der Waals surface area contributed by atoms with Crippen molar-refractivity contribution < 1.29 is 29.3 Å². The van der Waals surface area contributed by atoms with E-state index in [1.165, 1.54) is 49.1 Å². The van der Waals surface area contributed by atoms with E-state index in [1.54, 1.807) is 24.3 Å². The molecule has 0 radical (unpaired) electrons. The SMILES string of the molecule is CC1C2CCC3(CC1C(C)(O)C(C)(C)C)C1Cc4ccc(OCNc5ccc(C(=O)Nc6ccc(C(=O)O)cc6)cc5)c5c4C3(CCN1CC1CC1)C2O5. The average Bonchev–Trinajstić information content (AvgIpc) is 3.92. The zero-order valence-corrected chi connectivity index (χ0v) is 32.3. The number of nitrogens with zero attached hydrogens (tertiary/aromatic N) is 1. The molecule has 3 aromatic rings. The minimum atomic E-state index is -1.01. The summed E-state index contributed by atoms with van der Waals surface area (Å²) < 4.78 is 13.9. The number of fused-ring (bicyclic) bond motifs is 3. The Hall–Kier alpha value is -4.08. The number of benzene rings is 3. The van der Waals surface area contributed by atoms with E-state index in [2.05, 4.69) is 62.3 Å². The molecule has 9 nitrogen and oxygen atoms in total. The molecule has 4 N–H and O–H groups in total. The molecule has 54 heavy (non-hydrogen) atoms. The van der Waals surface area contributed by atoms with Crippen molar-refractivity contribution >= 4 is 23.3 Å². The average molecular weight is 734 g/mol. The van der Waals surface area contributed by atoms with Crippen LogP contribution in [0.25, 0.3) is 0 Å². The lowest BCUT2D eigenvalue weighted by Crippen LogP contribution is -2.71. The largest absolute Gasteiger partial charge is 0.485 e. The minimum Gasteiger partial charge on any atom is -0.485 e. The molecule has 1 amide bonds. The number of piperidine rings is 1. The summed E-state index contributed by atoms with van der Waals surface area (Å²) in [5.74, 6) is 2.16. The molecule has 2 spiro atoms. The summed E-state index contributed by atoms with van der Waals surface area (Å²) in [5, 5.41) is 27.8. The van der Waals surface area contributed by atoms with E-state index in [0.717, 1.165) is 55.3 Å². The molecular formula is C45H55N3O6. The summed E-state index contributed by atoms with van der Waals surface area (Å²) in [4.78, 5) is 26.9. The van der Waals surface area contributed by atoms with Crippen LogP contribution in [0.1, 0.15) is 105 Å². The number of carboxylic acids is 1. The zero-order valence-electron chi connectivity index (χ0n) is 32.3. The van der Waals surface area contributed by atoms with Crippen LogP contribution in [0.4, 0.5) is 11.4 Å². The van der Waals surface area contributed by atoms with Gasteiger partial charge in [0.15, 0.2) is 18.2 Å². The van der Waals surface area contributed by atoms with E-state index in [4.69, 9.17) is 14.6 Å². The highest BCUT2D eigenvalue weighted by Gasteiger charge is 2.76. The van der Waals surface area contributed by atoms with Crippen LogP contribution in [0.5, 0.6) is 11.5 Å². The summed E-state index contributed by atoms with van der Waals surface area (Å²) >= 11 is 0. The minimum absolute atomic E-state index is 0.0387.